The van der Waals surface area contributed by atoms with E-state index in [2.05, 4.69) is 13.8 Å². The van der Waals surface area contributed by atoms with Crippen molar-refractivity contribution in [2.24, 2.45) is 0 Å². The van der Waals surface area contributed by atoms with Gasteiger partial charge in [-0.3, -0.25) is 0 Å². The van der Waals surface area contributed by atoms with E-state index >= 15 is 0 Å². The van der Waals surface area contributed by atoms with Crippen LogP contribution in [0.15, 0.2) is 0 Å². The molecule has 0 heterocycles. The zero-order valence-electron chi connectivity index (χ0n) is 13.2. The number of aliphatic hydroxyl groups is 1. The summed E-state index contributed by atoms with van der Waals surface area (Å²) in [7, 11) is 1.73. The maximum atomic E-state index is 10.7. The van der Waals surface area contributed by atoms with Crippen LogP contribution in [-0.2, 0) is 9.47 Å². The van der Waals surface area contributed by atoms with Gasteiger partial charge in [0.15, 0.2) is 0 Å². The summed E-state index contributed by atoms with van der Waals surface area (Å²) in [4.78, 5) is 0. The fourth-order valence-corrected chi connectivity index (χ4v) is 3.04. The van der Waals surface area contributed by atoms with Crippen LogP contribution < -0.4 is 0 Å². The van der Waals surface area contributed by atoms with Gasteiger partial charge in [-0.2, -0.15) is 0 Å². The number of aliphatic hydroxyl groups excluding tert-OH is 1. The maximum absolute atomic E-state index is 10.7. The van der Waals surface area contributed by atoms with Crippen molar-refractivity contribution in [3.8, 4) is 0 Å². The third-order valence-electron chi connectivity index (χ3n) is 4.56. The van der Waals surface area contributed by atoms with Crippen molar-refractivity contribution in [2.45, 2.75) is 89.4 Å². The Balaban J connectivity index is 2.63. The van der Waals surface area contributed by atoms with Crippen LogP contribution in [0.4, 0.5) is 0 Å². The van der Waals surface area contributed by atoms with Crippen LogP contribution in [-0.4, -0.2) is 36.1 Å². The molecule has 1 saturated carbocycles. The maximum Gasteiger partial charge on any atom is 0.0940 e. The lowest BCUT2D eigenvalue weighted by Gasteiger charge is -2.38. The van der Waals surface area contributed by atoms with Crippen molar-refractivity contribution in [2.75, 3.05) is 13.7 Å². The first-order valence-corrected chi connectivity index (χ1v) is 7.83. The van der Waals surface area contributed by atoms with Gasteiger partial charge in [-0.1, -0.05) is 25.7 Å². The van der Waals surface area contributed by atoms with Gasteiger partial charge in [0.2, 0.25) is 0 Å². The molecular weight excluding hydrogens is 240 g/mol. The van der Waals surface area contributed by atoms with E-state index in [1.165, 1.54) is 25.7 Å². The minimum atomic E-state index is -0.375. The highest BCUT2D eigenvalue weighted by Crippen LogP contribution is 2.36. The Hall–Kier alpha value is -0.120. The van der Waals surface area contributed by atoms with Gasteiger partial charge in [0.05, 0.1) is 17.3 Å². The second kappa shape index (κ2) is 7.61. The molecule has 0 aliphatic heterocycles. The van der Waals surface area contributed by atoms with Crippen molar-refractivity contribution in [1.29, 1.82) is 0 Å². The average Bonchev–Trinajstić information content (AvgIpc) is 2.63. The number of rotatable bonds is 7. The molecule has 1 atom stereocenters. The van der Waals surface area contributed by atoms with Crippen molar-refractivity contribution in [3.05, 3.63) is 0 Å². The van der Waals surface area contributed by atoms with E-state index in [1.54, 1.807) is 7.11 Å². The Kier molecular flexibility index (Phi) is 6.78. The number of hydrogen-bond donors (Lipinski definition) is 1. The highest BCUT2D eigenvalue weighted by atomic mass is 16.5. The van der Waals surface area contributed by atoms with E-state index in [9.17, 15) is 5.11 Å². The van der Waals surface area contributed by atoms with E-state index in [0.29, 0.717) is 6.61 Å². The van der Waals surface area contributed by atoms with E-state index in [4.69, 9.17) is 9.47 Å². The van der Waals surface area contributed by atoms with Crippen LogP contribution in [0, 0.1) is 0 Å². The second-order valence-corrected chi connectivity index (χ2v) is 6.43. The van der Waals surface area contributed by atoms with E-state index in [0.717, 1.165) is 25.7 Å². The first-order chi connectivity index (χ1) is 8.96. The molecule has 0 aromatic carbocycles. The summed E-state index contributed by atoms with van der Waals surface area (Å²) < 4.78 is 11.5. The lowest BCUT2D eigenvalue weighted by molar-refractivity contribution is -0.136. The molecule has 0 amide bonds. The van der Waals surface area contributed by atoms with Gasteiger partial charge in [-0.05, 0) is 46.5 Å². The monoisotopic (exact) mass is 272 g/mol. The molecule has 1 N–H and O–H groups in total. The molecular formula is C16H32O3. The SMILES string of the molecule is CCOC1(C(O)CCC(C)(C)OC)CCCCCC1. The molecule has 1 unspecified atom stereocenters. The zero-order chi connectivity index (χ0) is 14.4. The zero-order valence-corrected chi connectivity index (χ0v) is 13.2. The minimum absolute atomic E-state index is 0.168. The molecule has 1 fully saturated rings. The fraction of sp³-hybridized carbons (Fsp3) is 1.00. The van der Waals surface area contributed by atoms with Gasteiger partial charge in [0.1, 0.15) is 0 Å². The van der Waals surface area contributed by atoms with Gasteiger partial charge in [0.25, 0.3) is 0 Å². The van der Waals surface area contributed by atoms with Crippen LogP contribution in [0.25, 0.3) is 0 Å². The van der Waals surface area contributed by atoms with E-state index in [1.807, 2.05) is 6.92 Å². The Morgan fingerprint density at radius 3 is 2.21 bits per heavy atom. The topological polar surface area (TPSA) is 38.7 Å². The summed E-state index contributed by atoms with van der Waals surface area (Å²) in [5.41, 5.74) is -0.478. The minimum Gasteiger partial charge on any atom is -0.390 e. The third-order valence-corrected chi connectivity index (χ3v) is 4.56. The molecule has 1 aliphatic carbocycles. The lowest BCUT2D eigenvalue weighted by Crippen LogP contribution is -2.45. The fourth-order valence-electron chi connectivity index (χ4n) is 3.04. The Morgan fingerprint density at radius 1 is 1.16 bits per heavy atom. The summed E-state index contributed by atoms with van der Waals surface area (Å²) in [6, 6.07) is 0. The van der Waals surface area contributed by atoms with Gasteiger partial charge < -0.3 is 14.6 Å². The predicted octanol–water partition coefficient (Wildman–Crippen LogP) is 3.68. The molecule has 0 saturated heterocycles. The van der Waals surface area contributed by atoms with Crippen LogP contribution in [0.5, 0.6) is 0 Å². The number of ether oxygens (including phenoxy) is 2. The van der Waals surface area contributed by atoms with Crippen molar-refractivity contribution in [3.63, 3.8) is 0 Å². The highest BCUT2D eigenvalue weighted by Gasteiger charge is 2.39. The average molecular weight is 272 g/mol. The predicted molar refractivity (Wildman–Crippen MR) is 78.4 cm³/mol. The molecule has 0 radical (unpaired) electrons. The third kappa shape index (κ3) is 5.05. The van der Waals surface area contributed by atoms with E-state index < -0.39 is 0 Å². The Morgan fingerprint density at radius 2 is 1.74 bits per heavy atom. The Labute approximate surface area is 118 Å². The van der Waals surface area contributed by atoms with E-state index in [-0.39, 0.29) is 17.3 Å². The summed E-state index contributed by atoms with van der Waals surface area (Å²) in [6.45, 7) is 6.85. The van der Waals surface area contributed by atoms with Crippen molar-refractivity contribution >= 4 is 0 Å². The van der Waals surface area contributed by atoms with Crippen LogP contribution in [0.1, 0.15) is 72.1 Å². The standard InChI is InChI=1S/C16H32O3/c1-5-19-16(11-8-6-7-9-12-16)14(17)10-13-15(2,3)18-4/h14,17H,5-13H2,1-4H3. The number of methoxy groups -OCH3 is 1. The molecule has 0 spiro atoms. The molecule has 3 nitrogen and oxygen atoms in total. The number of hydrogen-bond acceptors (Lipinski definition) is 3. The Bertz CT molecular complexity index is 242. The van der Waals surface area contributed by atoms with Gasteiger partial charge in [0, 0.05) is 13.7 Å². The second-order valence-electron chi connectivity index (χ2n) is 6.43. The van der Waals surface area contributed by atoms with Gasteiger partial charge in [-0.15, -0.1) is 0 Å². The molecule has 0 aromatic heterocycles. The molecule has 114 valence electrons. The molecule has 1 aliphatic rings. The first-order valence-electron chi connectivity index (χ1n) is 7.83. The van der Waals surface area contributed by atoms with Crippen LogP contribution in [0.3, 0.4) is 0 Å². The molecule has 19 heavy (non-hydrogen) atoms. The highest BCUT2D eigenvalue weighted by molar-refractivity contribution is 4.91. The lowest BCUT2D eigenvalue weighted by atomic mass is 9.84. The normalized spacial score (nSPS) is 21.9. The summed E-state index contributed by atoms with van der Waals surface area (Å²) in [5.74, 6) is 0. The van der Waals surface area contributed by atoms with Crippen molar-refractivity contribution < 1.29 is 14.6 Å². The smallest absolute Gasteiger partial charge is 0.0940 e. The van der Waals surface area contributed by atoms with Gasteiger partial charge >= 0.3 is 0 Å². The molecule has 0 aromatic rings. The summed E-state index contributed by atoms with van der Waals surface area (Å²) in [5, 5.41) is 10.7. The van der Waals surface area contributed by atoms with Gasteiger partial charge in [-0.25, -0.2) is 0 Å². The molecule has 0 bridgehead atoms. The first kappa shape index (κ1) is 16.9. The summed E-state index contributed by atoms with van der Waals surface area (Å²) >= 11 is 0. The quantitative estimate of drug-likeness (QED) is 0.718. The summed E-state index contributed by atoms with van der Waals surface area (Å²) in [6.07, 6.45) is 8.11. The van der Waals surface area contributed by atoms with Crippen LogP contribution >= 0.6 is 0 Å². The largest absolute Gasteiger partial charge is 0.390 e. The molecule has 3 heteroatoms. The molecule has 1 rings (SSSR count). The van der Waals surface area contributed by atoms with Crippen molar-refractivity contribution in [1.82, 2.24) is 0 Å². The van der Waals surface area contributed by atoms with Crippen LogP contribution in [0.2, 0.25) is 0 Å².